The topological polar surface area (TPSA) is 66.7 Å². The van der Waals surface area contributed by atoms with Crippen LogP contribution in [0.5, 0.6) is 0 Å². The zero-order chi connectivity index (χ0) is 13.4. The third kappa shape index (κ3) is 2.38. The standard InChI is InChI=1S/C15H16N4/c1-9-5-10(2)7-12(6-9)17-15-18-13-4-3-11(16)8-14(13)19-15/h3-8H,16H2,1-2H3,(H2,17,18,19). The fourth-order valence-corrected chi connectivity index (χ4v) is 2.27. The molecule has 0 unspecified atom stereocenters. The third-order valence-electron chi connectivity index (χ3n) is 2.99. The summed E-state index contributed by atoms with van der Waals surface area (Å²) in [6, 6.07) is 12.0. The highest BCUT2D eigenvalue weighted by Gasteiger charge is 2.04. The van der Waals surface area contributed by atoms with Crippen LogP contribution < -0.4 is 11.1 Å². The van der Waals surface area contributed by atoms with Gasteiger partial charge in [0.1, 0.15) is 0 Å². The van der Waals surface area contributed by atoms with E-state index in [9.17, 15) is 0 Å². The van der Waals surface area contributed by atoms with Crippen LogP contribution in [0.1, 0.15) is 11.1 Å². The molecule has 0 spiro atoms. The van der Waals surface area contributed by atoms with Gasteiger partial charge in [0.25, 0.3) is 0 Å². The second-order valence-electron chi connectivity index (χ2n) is 4.86. The zero-order valence-electron chi connectivity index (χ0n) is 11.0. The van der Waals surface area contributed by atoms with Gasteiger partial charge in [-0.15, -0.1) is 0 Å². The number of nitrogens with one attached hydrogen (secondary N) is 2. The van der Waals surface area contributed by atoms with Crippen LogP contribution >= 0.6 is 0 Å². The second kappa shape index (κ2) is 4.31. The number of nitrogen functional groups attached to an aromatic ring is 1. The van der Waals surface area contributed by atoms with Gasteiger partial charge in [0, 0.05) is 11.4 Å². The molecular formula is C15H16N4. The van der Waals surface area contributed by atoms with Gasteiger partial charge < -0.3 is 16.0 Å². The minimum absolute atomic E-state index is 0.727. The predicted octanol–water partition coefficient (Wildman–Crippen LogP) is 3.51. The van der Waals surface area contributed by atoms with Gasteiger partial charge in [-0.25, -0.2) is 4.98 Å². The summed E-state index contributed by atoms with van der Waals surface area (Å²) in [7, 11) is 0. The van der Waals surface area contributed by atoms with Gasteiger partial charge in [0.05, 0.1) is 11.0 Å². The summed E-state index contributed by atoms with van der Waals surface area (Å²) in [6.45, 7) is 4.16. The van der Waals surface area contributed by atoms with Crippen molar-refractivity contribution in [3.8, 4) is 0 Å². The lowest BCUT2D eigenvalue weighted by molar-refractivity contribution is 1.29. The number of aromatic amines is 1. The number of benzene rings is 2. The Hall–Kier alpha value is -2.49. The first-order valence-electron chi connectivity index (χ1n) is 6.21. The van der Waals surface area contributed by atoms with Crippen LogP contribution in [-0.2, 0) is 0 Å². The SMILES string of the molecule is Cc1cc(C)cc(Nc2nc3ccc(N)cc3[nH]2)c1. The van der Waals surface area contributed by atoms with Crippen molar-refractivity contribution in [3.05, 3.63) is 47.5 Å². The molecule has 96 valence electrons. The van der Waals surface area contributed by atoms with E-state index >= 15 is 0 Å². The molecule has 1 heterocycles. The molecular weight excluding hydrogens is 236 g/mol. The number of imidazole rings is 1. The Bertz CT molecular complexity index is 723. The van der Waals surface area contributed by atoms with Crippen molar-refractivity contribution < 1.29 is 0 Å². The van der Waals surface area contributed by atoms with Crippen molar-refractivity contribution in [2.24, 2.45) is 0 Å². The highest BCUT2D eigenvalue weighted by molar-refractivity contribution is 5.81. The van der Waals surface area contributed by atoms with E-state index in [-0.39, 0.29) is 0 Å². The lowest BCUT2D eigenvalue weighted by Gasteiger charge is -2.05. The molecule has 0 saturated carbocycles. The van der Waals surface area contributed by atoms with Gasteiger partial charge in [0.15, 0.2) is 0 Å². The number of aryl methyl sites for hydroxylation is 2. The number of hydrogen-bond donors (Lipinski definition) is 3. The molecule has 0 saturated heterocycles. The van der Waals surface area contributed by atoms with Crippen molar-refractivity contribution in [1.82, 2.24) is 9.97 Å². The van der Waals surface area contributed by atoms with E-state index in [0.717, 1.165) is 28.4 Å². The van der Waals surface area contributed by atoms with Crippen LogP contribution in [0.15, 0.2) is 36.4 Å². The molecule has 0 radical (unpaired) electrons. The molecule has 0 aliphatic carbocycles. The molecule has 4 N–H and O–H groups in total. The lowest BCUT2D eigenvalue weighted by Crippen LogP contribution is -1.93. The van der Waals surface area contributed by atoms with Gasteiger partial charge >= 0.3 is 0 Å². The van der Waals surface area contributed by atoms with E-state index < -0.39 is 0 Å². The van der Waals surface area contributed by atoms with Crippen LogP contribution in [0, 0.1) is 13.8 Å². The van der Waals surface area contributed by atoms with Crippen LogP contribution in [0.4, 0.5) is 17.3 Å². The Labute approximate surface area is 111 Å². The van der Waals surface area contributed by atoms with Crippen LogP contribution in [0.3, 0.4) is 0 Å². The molecule has 3 rings (SSSR count). The maximum absolute atomic E-state index is 5.76. The first kappa shape index (κ1) is 11.6. The first-order chi connectivity index (χ1) is 9.10. The summed E-state index contributed by atoms with van der Waals surface area (Å²) in [5, 5.41) is 3.29. The largest absolute Gasteiger partial charge is 0.399 e. The molecule has 0 amide bonds. The monoisotopic (exact) mass is 252 g/mol. The molecule has 0 aliphatic rings. The van der Waals surface area contributed by atoms with Gasteiger partial charge in [-0.05, 0) is 55.3 Å². The van der Waals surface area contributed by atoms with E-state index in [0.29, 0.717) is 0 Å². The number of nitrogens with zero attached hydrogens (tertiary/aromatic N) is 1. The van der Waals surface area contributed by atoms with Crippen molar-refractivity contribution in [1.29, 1.82) is 0 Å². The molecule has 2 aromatic carbocycles. The quantitative estimate of drug-likeness (QED) is 0.611. The minimum atomic E-state index is 0.727. The molecule has 0 atom stereocenters. The number of fused-ring (bicyclic) bond motifs is 1. The van der Waals surface area contributed by atoms with Crippen LogP contribution in [0.2, 0.25) is 0 Å². The summed E-state index contributed by atoms with van der Waals surface area (Å²) in [5.41, 5.74) is 11.8. The summed E-state index contributed by atoms with van der Waals surface area (Å²) in [6.07, 6.45) is 0. The van der Waals surface area contributed by atoms with Crippen molar-refractivity contribution in [3.63, 3.8) is 0 Å². The Kier molecular flexibility index (Phi) is 2.63. The van der Waals surface area contributed by atoms with E-state index in [4.69, 9.17) is 5.73 Å². The smallest absolute Gasteiger partial charge is 0.205 e. The lowest BCUT2D eigenvalue weighted by atomic mass is 10.1. The fraction of sp³-hybridized carbons (Fsp3) is 0.133. The highest BCUT2D eigenvalue weighted by atomic mass is 15.1. The summed E-state index contributed by atoms with van der Waals surface area (Å²) >= 11 is 0. The van der Waals surface area contributed by atoms with Crippen molar-refractivity contribution >= 4 is 28.4 Å². The second-order valence-corrected chi connectivity index (χ2v) is 4.86. The van der Waals surface area contributed by atoms with Crippen LogP contribution in [-0.4, -0.2) is 9.97 Å². The number of hydrogen-bond acceptors (Lipinski definition) is 3. The Morgan fingerprint density at radius 1 is 1.05 bits per heavy atom. The number of aromatic nitrogens is 2. The van der Waals surface area contributed by atoms with Gasteiger partial charge in [-0.1, -0.05) is 6.07 Å². The fourth-order valence-electron chi connectivity index (χ4n) is 2.27. The molecule has 0 fully saturated rings. The maximum atomic E-state index is 5.76. The normalized spacial score (nSPS) is 10.8. The summed E-state index contributed by atoms with van der Waals surface area (Å²) < 4.78 is 0. The molecule has 4 heteroatoms. The Morgan fingerprint density at radius 3 is 2.53 bits per heavy atom. The van der Waals surface area contributed by atoms with E-state index in [1.807, 2.05) is 18.2 Å². The third-order valence-corrected chi connectivity index (χ3v) is 2.99. The molecule has 3 aromatic rings. The summed E-state index contributed by atoms with van der Waals surface area (Å²) in [4.78, 5) is 7.71. The molecule has 19 heavy (non-hydrogen) atoms. The maximum Gasteiger partial charge on any atom is 0.205 e. The Morgan fingerprint density at radius 2 is 1.79 bits per heavy atom. The minimum Gasteiger partial charge on any atom is -0.399 e. The molecule has 4 nitrogen and oxygen atoms in total. The van der Waals surface area contributed by atoms with Gasteiger partial charge in [-0.3, -0.25) is 0 Å². The molecule has 0 aliphatic heterocycles. The van der Waals surface area contributed by atoms with E-state index in [1.54, 1.807) is 0 Å². The van der Waals surface area contributed by atoms with Crippen molar-refractivity contribution in [2.75, 3.05) is 11.1 Å². The predicted molar refractivity (Wildman–Crippen MR) is 79.7 cm³/mol. The molecule has 0 bridgehead atoms. The number of anilines is 3. The van der Waals surface area contributed by atoms with E-state index in [2.05, 4.69) is 47.3 Å². The highest BCUT2D eigenvalue weighted by Crippen LogP contribution is 2.21. The zero-order valence-corrected chi connectivity index (χ0v) is 11.0. The van der Waals surface area contributed by atoms with E-state index in [1.165, 1.54) is 11.1 Å². The average molecular weight is 252 g/mol. The van der Waals surface area contributed by atoms with Crippen molar-refractivity contribution in [2.45, 2.75) is 13.8 Å². The molecule has 1 aromatic heterocycles. The van der Waals surface area contributed by atoms with Gasteiger partial charge in [-0.2, -0.15) is 0 Å². The Balaban J connectivity index is 1.96. The average Bonchev–Trinajstić information content (AvgIpc) is 2.68. The van der Waals surface area contributed by atoms with Crippen LogP contribution in [0.25, 0.3) is 11.0 Å². The number of H-pyrrole nitrogens is 1. The van der Waals surface area contributed by atoms with Gasteiger partial charge in [0.2, 0.25) is 5.95 Å². The number of rotatable bonds is 2. The number of nitrogens with two attached hydrogens (primary N) is 1. The summed E-state index contributed by atoms with van der Waals surface area (Å²) in [5.74, 6) is 0.727. The first-order valence-corrected chi connectivity index (χ1v) is 6.21.